The fourth-order valence-electron chi connectivity index (χ4n) is 4.56. The molecule has 0 spiro atoms. The second-order valence-corrected chi connectivity index (χ2v) is 8.38. The zero-order valence-electron chi connectivity index (χ0n) is 16.7. The van der Waals surface area contributed by atoms with E-state index in [0.29, 0.717) is 13.1 Å². The average molecular weight is 455 g/mol. The highest BCUT2D eigenvalue weighted by Gasteiger charge is 2.54. The predicted molar refractivity (Wildman–Crippen MR) is 109 cm³/mol. The first-order chi connectivity index (χ1) is 14.3. The van der Waals surface area contributed by atoms with E-state index in [-0.39, 0.29) is 36.0 Å². The predicted octanol–water partition coefficient (Wildman–Crippen LogP) is 1.44. The lowest BCUT2D eigenvalue weighted by atomic mass is 9.92. The van der Waals surface area contributed by atoms with Gasteiger partial charge in [0.15, 0.2) is 23.3 Å². The number of nitrogens with zero attached hydrogens (tertiary/aromatic N) is 4. The molecule has 3 aliphatic heterocycles. The Kier molecular flexibility index (Phi) is 5.25. The summed E-state index contributed by atoms with van der Waals surface area (Å²) in [6.45, 7) is 2.69. The number of ketones is 1. The summed E-state index contributed by atoms with van der Waals surface area (Å²) in [4.78, 5) is 46.0. The molecule has 0 bridgehead atoms. The largest absolute Gasteiger partial charge is 0.480 e. The molecule has 0 radical (unpaired) electrons. The van der Waals surface area contributed by atoms with Gasteiger partial charge in [0.1, 0.15) is 12.0 Å². The number of carboxylic acids is 1. The van der Waals surface area contributed by atoms with Crippen LogP contribution in [-0.2, 0) is 9.59 Å². The third kappa shape index (κ3) is 3.38. The Bertz CT molecular complexity index is 1030. The van der Waals surface area contributed by atoms with Crippen LogP contribution in [0.15, 0.2) is 17.2 Å². The van der Waals surface area contributed by atoms with Gasteiger partial charge in [-0.25, -0.2) is 13.8 Å². The standard InChI is InChI=1S/C20H20F2N4O4.ClH/c1-24-3-2-9-7-25(8-10(9)6-24)18-13(22)4-11-16(27)15(20(29)30)19(28)26(17(11)23-18)14-5-12(14)21;/h4,12,14-15H,2-3,5-8H2,1H3,(H,29,30);1H/t12-,14+,15?;/m0./s1. The van der Waals surface area contributed by atoms with E-state index in [1.807, 2.05) is 7.05 Å². The Labute approximate surface area is 182 Å². The molecule has 166 valence electrons. The fraction of sp³-hybridized carbons (Fsp3) is 0.500. The number of Topliss-reactive ketones (excluding diaryl/α,β-unsaturated/α-hetero) is 1. The Hall–Kier alpha value is -2.59. The van der Waals surface area contributed by atoms with Crippen molar-refractivity contribution < 1.29 is 28.3 Å². The molecule has 1 saturated carbocycles. The molecule has 11 heteroatoms. The van der Waals surface area contributed by atoms with Gasteiger partial charge in [0.2, 0.25) is 0 Å². The Morgan fingerprint density at radius 3 is 2.52 bits per heavy atom. The van der Waals surface area contributed by atoms with Crippen LogP contribution in [-0.4, -0.2) is 78.1 Å². The van der Waals surface area contributed by atoms with Gasteiger partial charge in [0.05, 0.1) is 11.6 Å². The summed E-state index contributed by atoms with van der Waals surface area (Å²) in [6.07, 6.45) is -0.411. The molecule has 1 fully saturated rings. The topological polar surface area (TPSA) is 94.0 Å². The van der Waals surface area contributed by atoms with Crippen molar-refractivity contribution in [2.75, 3.05) is 43.0 Å². The molecule has 1 aliphatic carbocycles. The summed E-state index contributed by atoms with van der Waals surface area (Å²) in [5.74, 6) is -6.60. The highest BCUT2D eigenvalue weighted by atomic mass is 35.5. The van der Waals surface area contributed by atoms with Crippen molar-refractivity contribution in [3.8, 4) is 0 Å². The minimum atomic E-state index is -2.01. The Morgan fingerprint density at radius 2 is 1.87 bits per heavy atom. The van der Waals surface area contributed by atoms with Gasteiger partial charge in [-0.05, 0) is 30.7 Å². The SMILES string of the molecule is CN1CCC2=C(C1)CN(c1nc3c(cc1F)C(=O)C(C(=O)O)C(=O)N3[C@@H]1C[C@@H]1F)C2.Cl. The van der Waals surface area contributed by atoms with Gasteiger partial charge in [0, 0.05) is 32.6 Å². The number of rotatable bonds is 3. The van der Waals surface area contributed by atoms with Gasteiger partial charge in [-0.15, -0.1) is 12.4 Å². The maximum Gasteiger partial charge on any atom is 0.324 e. The van der Waals surface area contributed by atoms with Crippen molar-refractivity contribution in [1.82, 2.24) is 9.88 Å². The fourth-order valence-corrected chi connectivity index (χ4v) is 4.56. The van der Waals surface area contributed by atoms with Crippen LogP contribution in [0.3, 0.4) is 0 Å². The van der Waals surface area contributed by atoms with Crippen LogP contribution in [0, 0.1) is 11.7 Å². The molecule has 4 aliphatic rings. The summed E-state index contributed by atoms with van der Waals surface area (Å²) in [5, 5.41) is 9.33. The van der Waals surface area contributed by atoms with Gasteiger partial charge in [-0.2, -0.15) is 0 Å². The van der Waals surface area contributed by atoms with Crippen LogP contribution in [0.25, 0.3) is 0 Å². The van der Waals surface area contributed by atoms with Crippen LogP contribution in [0.1, 0.15) is 23.2 Å². The number of aliphatic carboxylic acids is 1. The summed E-state index contributed by atoms with van der Waals surface area (Å²) in [6, 6.07) is 0.0598. The van der Waals surface area contributed by atoms with Crippen LogP contribution in [0.4, 0.5) is 20.4 Å². The van der Waals surface area contributed by atoms with E-state index in [1.54, 1.807) is 4.90 Å². The molecule has 0 saturated heterocycles. The molecule has 0 aromatic carbocycles. The molecule has 4 heterocycles. The number of amides is 1. The molecule has 3 atom stereocenters. The normalized spacial score (nSPS) is 27.8. The second kappa shape index (κ2) is 7.52. The smallest absolute Gasteiger partial charge is 0.324 e. The maximum atomic E-state index is 15.0. The first kappa shape index (κ1) is 21.6. The van der Waals surface area contributed by atoms with Crippen molar-refractivity contribution in [1.29, 1.82) is 0 Å². The number of carboxylic acid groups (broad SMARTS) is 1. The van der Waals surface area contributed by atoms with Crippen molar-refractivity contribution >= 4 is 41.7 Å². The van der Waals surface area contributed by atoms with E-state index in [4.69, 9.17) is 0 Å². The van der Waals surface area contributed by atoms with E-state index >= 15 is 0 Å². The van der Waals surface area contributed by atoms with Gasteiger partial charge < -0.3 is 14.9 Å². The highest BCUT2D eigenvalue weighted by molar-refractivity contribution is 6.30. The summed E-state index contributed by atoms with van der Waals surface area (Å²) in [7, 11) is 2.02. The van der Waals surface area contributed by atoms with E-state index in [9.17, 15) is 28.3 Å². The Morgan fingerprint density at radius 1 is 1.19 bits per heavy atom. The van der Waals surface area contributed by atoms with Crippen molar-refractivity contribution in [3.63, 3.8) is 0 Å². The molecule has 5 rings (SSSR count). The number of carbonyl (C=O) groups excluding carboxylic acids is 2. The number of anilines is 2. The number of aromatic nitrogens is 1. The van der Waals surface area contributed by atoms with Crippen molar-refractivity contribution in [2.24, 2.45) is 5.92 Å². The number of carbonyl (C=O) groups is 3. The molecule has 31 heavy (non-hydrogen) atoms. The van der Waals surface area contributed by atoms with Crippen molar-refractivity contribution in [3.05, 3.63) is 28.6 Å². The Balaban J connectivity index is 0.00000231. The van der Waals surface area contributed by atoms with Gasteiger partial charge in [-0.1, -0.05) is 0 Å². The zero-order chi connectivity index (χ0) is 21.3. The van der Waals surface area contributed by atoms with Crippen molar-refractivity contribution in [2.45, 2.75) is 25.1 Å². The number of pyridine rings is 1. The lowest BCUT2D eigenvalue weighted by Gasteiger charge is -2.32. The first-order valence-electron chi connectivity index (χ1n) is 9.84. The number of likely N-dealkylation sites (N-methyl/N-ethyl adjacent to an activating group) is 1. The second-order valence-electron chi connectivity index (χ2n) is 8.38. The minimum Gasteiger partial charge on any atom is -0.480 e. The molecule has 1 aromatic heterocycles. The summed E-state index contributed by atoms with van der Waals surface area (Å²) in [5.41, 5.74) is 2.13. The van der Waals surface area contributed by atoms with Gasteiger partial charge in [-0.3, -0.25) is 19.3 Å². The number of halogens is 3. The molecule has 1 aromatic rings. The van der Waals surface area contributed by atoms with Crippen LogP contribution in [0.5, 0.6) is 0 Å². The molecular weight excluding hydrogens is 434 g/mol. The first-order valence-corrected chi connectivity index (χ1v) is 9.84. The monoisotopic (exact) mass is 454 g/mol. The van der Waals surface area contributed by atoms with E-state index in [0.717, 1.165) is 30.5 Å². The van der Waals surface area contributed by atoms with Crippen LogP contribution >= 0.6 is 12.4 Å². The quantitative estimate of drug-likeness (QED) is 0.545. The lowest BCUT2D eigenvalue weighted by Crippen LogP contribution is -2.50. The lowest BCUT2D eigenvalue weighted by molar-refractivity contribution is -0.144. The highest BCUT2D eigenvalue weighted by Crippen LogP contribution is 2.42. The summed E-state index contributed by atoms with van der Waals surface area (Å²) >= 11 is 0. The van der Waals surface area contributed by atoms with E-state index < -0.39 is 41.6 Å². The zero-order valence-corrected chi connectivity index (χ0v) is 17.5. The average Bonchev–Trinajstić information content (AvgIpc) is 3.23. The molecular formula is C20H21ClF2N4O4. The van der Waals surface area contributed by atoms with Gasteiger partial charge >= 0.3 is 5.97 Å². The minimum absolute atomic E-state index is 0. The number of hydrogen-bond acceptors (Lipinski definition) is 6. The molecule has 1 unspecified atom stereocenters. The van der Waals surface area contributed by atoms with E-state index in [1.165, 1.54) is 11.1 Å². The number of alkyl halides is 1. The van der Waals surface area contributed by atoms with Gasteiger partial charge in [0.25, 0.3) is 5.91 Å². The van der Waals surface area contributed by atoms with E-state index in [2.05, 4.69) is 9.88 Å². The maximum absolute atomic E-state index is 15.0. The van der Waals surface area contributed by atoms with Crippen LogP contribution in [0.2, 0.25) is 0 Å². The third-order valence-corrected chi connectivity index (χ3v) is 6.26. The number of hydrogen-bond donors (Lipinski definition) is 1. The molecule has 1 N–H and O–H groups in total. The third-order valence-electron chi connectivity index (χ3n) is 6.26. The number of fused-ring (bicyclic) bond motifs is 1. The molecule has 1 amide bonds. The molecule has 8 nitrogen and oxygen atoms in total. The van der Waals surface area contributed by atoms with Crippen LogP contribution < -0.4 is 9.80 Å². The summed E-state index contributed by atoms with van der Waals surface area (Å²) < 4.78 is 28.8.